The number of carboxylic acids is 1. The highest BCUT2D eigenvalue weighted by Crippen LogP contribution is 2.32. The van der Waals surface area contributed by atoms with Gasteiger partial charge in [0.05, 0.1) is 5.02 Å². The Bertz CT molecular complexity index is 514. The van der Waals surface area contributed by atoms with E-state index in [4.69, 9.17) is 16.7 Å². The standard InChI is InChI=1S/C12H11ClINO3/c13-8-6-7(2-3-9(8)14)10(16)15-12(11(17)18)4-1-5-12/h2-3,6H,1,4-5H2,(H,15,16)(H,17,18). The minimum Gasteiger partial charge on any atom is -0.480 e. The monoisotopic (exact) mass is 379 g/mol. The number of carbonyl (C=O) groups excluding carboxylic acids is 1. The highest BCUT2D eigenvalue weighted by molar-refractivity contribution is 14.1. The third kappa shape index (κ3) is 2.47. The highest BCUT2D eigenvalue weighted by Gasteiger charge is 2.45. The number of hydrogen-bond acceptors (Lipinski definition) is 2. The number of amides is 1. The molecule has 18 heavy (non-hydrogen) atoms. The van der Waals surface area contributed by atoms with Gasteiger partial charge in [0.2, 0.25) is 0 Å². The average Bonchev–Trinajstić information content (AvgIpc) is 2.26. The van der Waals surface area contributed by atoms with Crippen LogP contribution in [-0.2, 0) is 4.79 Å². The Labute approximate surface area is 123 Å². The summed E-state index contributed by atoms with van der Waals surface area (Å²) >= 11 is 8.00. The van der Waals surface area contributed by atoms with E-state index in [0.29, 0.717) is 23.4 Å². The van der Waals surface area contributed by atoms with Crippen LogP contribution in [0.1, 0.15) is 29.6 Å². The van der Waals surface area contributed by atoms with Crippen LogP contribution in [0.4, 0.5) is 0 Å². The molecule has 1 saturated carbocycles. The molecule has 2 rings (SSSR count). The molecule has 1 aliphatic rings. The maximum Gasteiger partial charge on any atom is 0.329 e. The summed E-state index contributed by atoms with van der Waals surface area (Å²) in [4.78, 5) is 23.1. The molecule has 0 saturated heterocycles. The van der Waals surface area contributed by atoms with E-state index in [-0.39, 0.29) is 0 Å². The van der Waals surface area contributed by atoms with Crippen LogP contribution in [0.2, 0.25) is 5.02 Å². The van der Waals surface area contributed by atoms with E-state index in [1.54, 1.807) is 18.2 Å². The zero-order chi connectivity index (χ0) is 13.3. The number of halogens is 2. The molecule has 0 bridgehead atoms. The van der Waals surface area contributed by atoms with Crippen molar-refractivity contribution in [3.8, 4) is 0 Å². The first-order chi connectivity index (χ1) is 8.44. The minimum atomic E-state index is -1.09. The summed E-state index contributed by atoms with van der Waals surface area (Å²) in [5.41, 5.74) is -0.708. The quantitative estimate of drug-likeness (QED) is 0.794. The van der Waals surface area contributed by atoms with E-state index in [2.05, 4.69) is 27.9 Å². The lowest BCUT2D eigenvalue weighted by Gasteiger charge is -2.38. The van der Waals surface area contributed by atoms with Gasteiger partial charge in [-0.2, -0.15) is 0 Å². The first-order valence-electron chi connectivity index (χ1n) is 5.45. The Kier molecular flexibility index (Phi) is 3.82. The summed E-state index contributed by atoms with van der Waals surface area (Å²) in [5.74, 6) is -1.37. The lowest BCUT2D eigenvalue weighted by Crippen LogP contribution is -2.59. The van der Waals surface area contributed by atoms with E-state index < -0.39 is 17.4 Å². The Morgan fingerprint density at radius 2 is 2.06 bits per heavy atom. The van der Waals surface area contributed by atoms with Crippen LogP contribution in [0.5, 0.6) is 0 Å². The van der Waals surface area contributed by atoms with Gasteiger partial charge in [0, 0.05) is 9.13 Å². The fraction of sp³-hybridized carbons (Fsp3) is 0.333. The number of benzene rings is 1. The van der Waals surface area contributed by atoms with Gasteiger partial charge < -0.3 is 10.4 Å². The number of nitrogens with one attached hydrogen (secondary N) is 1. The maximum absolute atomic E-state index is 12.0. The van der Waals surface area contributed by atoms with Crippen LogP contribution in [0.15, 0.2) is 18.2 Å². The van der Waals surface area contributed by atoms with Crippen molar-refractivity contribution < 1.29 is 14.7 Å². The van der Waals surface area contributed by atoms with Gasteiger partial charge in [-0.3, -0.25) is 4.79 Å². The van der Waals surface area contributed by atoms with Gasteiger partial charge in [0.1, 0.15) is 5.54 Å². The Morgan fingerprint density at radius 1 is 1.39 bits per heavy atom. The molecular weight excluding hydrogens is 368 g/mol. The second-order valence-electron chi connectivity index (χ2n) is 4.32. The van der Waals surface area contributed by atoms with Crippen molar-refractivity contribution in [2.45, 2.75) is 24.8 Å². The van der Waals surface area contributed by atoms with Gasteiger partial charge >= 0.3 is 5.97 Å². The van der Waals surface area contributed by atoms with Crippen molar-refractivity contribution in [2.75, 3.05) is 0 Å². The number of carbonyl (C=O) groups is 2. The summed E-state index contributed by atoms with van der Waals surface area (Å²) < 4.78 is 0.849. The maximum atomic E-state index is 12.0. The lowest BCUT2D eigenvalue weighted by molar-refractivity contribution is -0.148. The second-order valence-corrected chi connectivity index (χ2v) is 5.89. The molecule has 1 aromatic carbocycles. The molecule has 1 amide bonds. The number of rotatable bonds is 3. The van der Waals surface area contributed by atoms with Crippen molar-refractivity contribution in [1.82, 2.24) is 5.32 Å². The van der Waals surface area contributed by atoms with Crippen molar-refractivity contribution in [2.24, 2.45) is 0 Å². The molecule has 0 aliphatic heterocycles. The molecule has 0 spiro atoms. The van der Waals surface area contributed by atoms with Crippen LogP contribution in [0.25, 0.3) is 0 Å². The Hall–Kier alpha value is -0.820. The van der Waals surface area contributed by atoms with E-state index >= 15 is 0 Å². The highest BCUT2D eigenvalue weighted by atomic mass is 127. The number of hydrogen-bond donors (Lipinski definition) is 2. The minimum absolute atomic E-state index is 0.382. The lowest BCUT2D eigenvalue weighted by atomic mass is 9.76. The van der Waals surface area contributed by atoms with E-state index in [1.165, 1.54) is 0 Å². The first-order valence-corrected chi connectivity index (χ1v) is 6.91. The van der Waals surface area contributed by atoms with Crippen molar-refractivity contribution in [3.05, 3.63) is 32.4 Å². The normalized spacial score (nSPS) is 16.8. The Balaban J connectivity index is 2.17. The second kappa shape index (κ2) is 5.05. The molecule has 0 atom stereocenters. The van der Waals surface area contributed by atoms with Crippen molar-refractivity contribution >= 4 is 46.1 Å². The van der Waals surface area contributed by atoms with E-state index in [9.17, 15) is 9.59 Å². The molecule has 1 fully saturated rings. The van der Waals surface area contributed by atoms with Crippen molar-refractivity contribution in [1.29, 1.82) is 0 Å². The molecule has 1 aromatic rings. The van der Waals surface area contributed by atoms with Crippen molar-refractivity contribution in [3.63, 3.8) is 0 Å². The molecule has 0 aromatic heterocycles. The van der Waals surface area contributed by atoms with Gasteiger partial charge in [-0.1, -0.05) is 11.6 Å². The summed E-state index contributed by atoms with van der Waals surface area (Å²) in [6, 6.07) is 4.91. The fourth-order valence-electron chi connectivity index (χ4n) is 1.85. The molecule has 4 nitrogen and oxygen atoms in total. The largest absolute Gasteiger partial charge is 0.480 e. The van der Waals surface area contributed by atoms with Crippen LogP contribution >= 0.6 is 34.2 Å². The topological polar surface area (TPSA) is 66.4 Å². The smallest absolute Gasteiger partial charge is 0.329 e. The van der Waals surface area contributed by atoms with E-state index in [1.807, 2.05) is 0 Å². The third-order valence-electron chi connectivity index (χ3n) is 3.15. The fourth-order valence-corrected chi connectivity index (χ4v) is 2.37. The molecule has 1 aliphatic carbocycles. The zero-order valence-corrected chi connectivity index (χ0v) is 12.3. The predicted molar refractivity (Wildman–Crippen MR) is 75.9 cm³/mol. The van der Waals surface area contributed by atoms with Gasteiger partial charge in [0.15, 0.2) is 0 Å². The van der Waals surface area contributed by atoms with Crippen LogP contribution in [-0.4, -0.2) is 22.5 Å². The van der Waals surface area contributed by atoms with Gasteiger partial charge in [-0.05, 0) is 60.1 Å². The van der Waals surface area contributed by atoms with E-state index in [0.717, 1.165) is 9.99 Å². The van der Waals surface area contributed by atoms with Crippen LogP contribution in [0.3, 0.4) is 0 Å². The summed E-state index contributed by atoms with van der Waals surface area (Å²) in [7, 11) is 0. The SMILES string of the molecule is O=C(NC1(C(=O)O)CCC1)c1ccc(I)c(Cl)c1. The third-order valence-corrected chi connectivity index (χ3v) is 4.72. The molecule has 0 unspecified atom stereocenters. The van der Waals surface area contributed by atoms with Gasteiger partial charge in [-0.25, -0.2) is 4.79 Å². The van der Waals surface area contributed by atoms with Crippen LogP contribution in [0, 0.1) is 3.57 Å². The molecule has 96 valence electrons. The number of carboxylic acid groups (broad SMARTS) is 1. The predicted octanol–water partition coefficient (Wildman–Crippen LogP) is 2.68. The van der Waals surface area contributed by atoms with Crippen LogP contribution < -0.4 is 5.32 Å². The van der Waals surface area contributed by atoms with Gasteiger partial charge in [-0.15, -0.1) is 0 Å². The summed E-state index contributed by atoms with van der Waals surface area (Å²) in [5, 5.41) is 12.2. The summed E-state index contributed by atoms with van der Waals surface area (Å²) in [6.07, 6.45) is 1.78. The molecular formula is C12H11ClINO3. The number of aliphatic carboxylic acids is 1. The molecule has 6 heteroatoms. The van der Waals surface area contributed by atoms with Gasteiger partial charge in [0.25, 0.3) is 5.91 Å². The average molecular weight is 380 g/mol. The Morgan fingerprint density at radius 3 is 2.50 bits per heavy atom. The molecule has 0 heterocycles. The summed E-state index contributed by atoms with van der Waals surface area (Å²) in [6.45, 7) is 0. The zero-order valence-electron chi connectivity index (χ0n) is 9.37. The molecule has 0 radical (unpaired) electrons. The molecule has 2 N–H and O–H groups in total. The first kappa shape index (κ1) is 13.6.